The topological polar surface area (TPSA) is 54.0 Å². The summed E-state index contributed by atoms with van der Waals surface area (Å²) in [4.78, 5) is 12.8. The summed E-state index contributed by atoms with van der Waals surface area (Å²) in [6, 6.07) is 0. The lowest BCUT2D eigenvalue weighted by Crippen LogP contribution is -2.43. The van der Waals surface area contributed by atoms with E-state index in [9.17, 15) is 4.79 Å². The maximum atomic E-state index is 11.7. The van der Waals surface area contributed by atoms with Crippen LogP contribution in [-0.2, 0) is 0 Å². The SMILES string of the molecule is CC1NC(=O)c2c(nsc2C(C)C)N1. The zero-order valence-electron chi connectivity index (χ0n) is 8.42. The highest BCUT2D eigenvalue weighted by Crippen LogP contribution is 2.31. The fourth-order valence-corrected chi connectivity index (χ4v) is 2.35. The first-order valence-electron chi connectivity index (χ1n) is 4.66. The molecule has 0 fully saturated rings. The fraction of sp³-hybridized carbons (Fsp3) is 0.556. The second kappa shape index (κ2) is 3.24. The Kier molecular flexibility index (Phi) is 2.19. The summed E-state index contributed by atoms with van der Waals surface area (Å²) in [5.41, 5.74) is 0.725. The molecule has 0 bridgehead atoms. The molecular weight excluding hydrogens is 198 g/mol. The Morgan fingerprint density at radius 3 is 2.79 bits per heavy atom. The lowest BCUT2D eigenvalue weighted by Gasteiger charge is -2.22. The Labute approximate surface area is 86.9 Å². The summed E-state index contributed by atoms with van der Waals surface area (Å²) >= 11 is 1.41. The number of carbonyl (C=O) groups is 1. The Morgan fingerprint density at radius 1 is 1.43 bits per heavy atom. The summed E-state index contributed by atoms with van der Waals surface area (Å²) in [6.07, 6.45) is -0.0305. The molecule has 76 valence electrons. The number of amides is 1. The number of anilines is 1. The highest BCUT2D eigenvalue weighted by molar-refractivity contribution is 7.06. The summed E-state index contributed by atoms with van der Waals surface area (Å²) in [5.74, 6) is 1.07. The molecule has 1 aromatic heterocycles. The number of hydrogen-bond acceptors (Lipinski definition) is 4. The van der Waals surface area contributed by atoms with Crippen LogP contribution in [0.1, 0.15) is 41.9 Å². The molecule has 2 N–H and O–H groups in total. The smallest absolute Gasteiger partial charge is 0.257 e. The van der Waals surface area contributed by atoms with Gasteiger partial charge >= 0.3 is 0 Å². The van der Waals surface area contributed by atoms with Gasteiger partial charge in [-0.1, -0.05) is 13.8 Å². The van der Waals surface area contributed by atoms with Crippen LogP contribution in [0.4, 0.5) is 5.82 Å². The molecule has 0 aromatic carbocycles. The van der Waals surface area contributed by atoms with Crippen LogP contribution in [0.2, 0.25) is 0 Å². The molecule has 0 aliphatic carbocycles. The Balaban J connectivity index is 2.47. The third kappa shape index (κ3) is 1.37. The third-order valence-electron chi connectivity index (χ3n) is 2.17. The van der Waals surface area contributed by atoms with E-state index in [0.29, 0.717) is 5.92 Å². The maximum Gasteiger partial charge on any atom is 0.257 e. The Hall–Kier alpha value is -1.10. The quantitative estimate of drug-likeness (QED) is 0.744. The molecule has 5 heteroatoms. The molecule has 1 atom stereocenters. The standard InChI is InChI=1S/C9H13N3OS/c1-4(2)7-6-8(12-14-7)10-5(3)11-9(6)13/h4-5H,1-3H3,(H,10,12)(H,11,13). The van der Waals surface area contributed by atoms with E-state index in [4.69, 9.17) is 0 Å². The van der Waals surface area contributed by atoms with Crippen molar-refractivity contribution in [3.8, 4) is 0 Å². The largest absolute Gasteiger partial charge is 0.349 e. The van der Waals surface area contributed by atoms with E-state index in [1.165, 1.54) is 11.5 Å². The highest BCUT2D eigenvalue weighted by atomic mass is 32.1. The van der Waals surface area contributed by atoms with E-state index in [2.05, 4.69) is 28.9 Å². The van der Waals surface area contributed by atoms with Crippen LogP contribution in [-0.4, -0.2) is 16.4 Å². The molecule has 1 aliphatic rings. The van der Waals surface area contributed by atoms with Crippen molar-refractivity contribution in [2.45, 2.75) is 32.9 Å². The number of hydrogen-bond donors (Lipinski definition) is 2. The van der Waals surface area contributed by atoms with Crippen molar-refractivity contribution < 1.29 is 4.79 Å². The summed E-state index contributed by atoms with van der Waals surface area (Å²) in [5, 5.41) is 5.97. The van der Waals surface area contributed by atoms with Crippen LogP contribution in [0.5, 0.6) is 0 Å². The number of carbonyl (C=O) groups excluding carboxylic acids is 1. The highest BCUT2D eigenvalue weighted by Gasteiger charge is 2.28. The zero-order chi connectivity index (χ0) is 10.3. The van der Waals surface area contributed by atoms with Gasteiger partial charge in [0.2, 0.25) is 0 Å². The molecule has 0 saturated carbocycles. The molecule has 0 radical (unpaired) electrons. The number of rotatable bonds is 1. The van der Waals surface area contributed by atoms with Crippen molar-refractivity contribution in [1.82, 2.24) is 9.69 Å². The predicted octanol–water partition coefficient (Wildman–Crippen LogP) is 1.77. The average molecular weight is 211 g/mol. The van der Waals surface area contributed by atoms with E-state index in [0.717, 1.165) is 16.3 Å². The lowest BCUT2D eigenvalue weighted by molar-refractivity contribution is 0.0938. The zero-order valence-corrected chi connectivity index (χ0v) is 9.23. The molecule has 4 nitrogen and oxygen atoms in total. The van der Waals surface area contributed by atoms with Crippen molar-refractivity contribution >= 4 is 23.3 Å². The van der Waals surface area contributed by atoms with Crippen LogP contribution in [0.15, 0.2) is 0 Å². The predicted molar refractivity (Wildman–Crippen MR) is 56.8 cm³/mol. The Bertz CT molecular complexity index is 372. The molecule has 0 spiro atoms. The first-order valence-corrected chi connectivity index (χ1v) is 5.44. The van der Waals surface area contributed by atoms with Crippen molar-refractivity contribution in [2.24, 2.45) is 0 Å². The third-order valence-corrected chi connectivity index (χ3v) is 3.32. The van der Waals surface area contributed by atoms with Crippen LogP contribution in [0.25, 0.3) is 0 Å². The van der Waals surface area contributed by atoms with E-state index in [1.807, 2.05) is 6.92 Å². The van der Waals surface area contributed by atoms with Crippen LogP contribution < -0.4 is 10.6 Å². The van der Waals surface area contributed by atoms with Crippen molar-refractivity contribution in [3.63, 3.8) is 0 Å². The summed E-state index contributed by atoms with van der Waals surface area (Å²) in [7, 11) is 0. The van der Waals surface area contributed by atoms with Gasteiger partial charge in [0.05, 0.1) is 11.7 Å². The molecular formula is C9H13N3OS. The van der Waals surface area contributed by atoms with Crippen molar-refractivity contribution in [2.75, 3.05) is 5.32 Å². The van der Waals surface area contributed by atoms with Gasteiger partial charge in [-0.25, -0.2) is 0 Å². The van der Waals surface area contributed by atoms with Crippen LogP contribution in [0, 0.1) is 0 Å². The van der Waals surface area contributed by atoms with Gasteiger partial charge in [-0.3, -0.25) is 4.79 Å². The molecule has 1 amide bonds. The first kappa shape index (κ1) is 9.45. The molecule has 1 unspecified atom stereocenters. The van der Waals surface area contributed by atoms with E-state index in [1.54, 1.807) is 0 Å². The van der Waals surface area contributed by atoms with Crippen molar-refractivity contribution in [3.05, 3.63) is 10.4 Å². The van der Waals surface area contributed by atoms with Gasteiger partial charge < -0.3 is 10.6 Å². The number of fused-ring (bicyclic) bond motifs is 1. The summed E-state index contributed by atoms with van der Waals surface area (Å²) in [6.45, 7) is 6.04. The van der Waals surface area contributed by atoms with E-state index < -0.39 is 0 Å². The number of nitrogens with one attached hydrogen (secondary N) is 2. The fourth-order valence-electron chi connectivity index (χ4n) is 1.52. The van der Waals surface area contributed by atoms with Gasteiger partial charge in [0.15, 0.2) is 5.82 Å². The molecule has 14 heavy (non-hydrogen) atoms. The van der Waals surface area contributed by atoms with Gasteiger partial charge in [-0.15, -0.1) is 0 Å². The van der Waals surface area contributed by atoms with E-state index in [-0.39, 0.29) is 12.1 Å². The molecule has 2 heterocycles. The second-order valence-electron chi connectivity index (χ2n) is 3.76. The summed E-state index contributed by atoms with van der Waals surface area (Å²) < 4.78 is 4.25. The monoisotopic (exact) mass is 211 g/mol. The normalized spacial score (nSPS) is 20.3. The minimum Gasteiger partial charge on any atom is -0.349 e. The maximum absolute atomic E-state index is 11.7. The second-order valence-corrected chi connectivity index (χ2v) is 4.57. The van der Waals surface area contributed by atoms with E-state index >= 15 is 0 Å². The van der Waals surface area contributed by atoms with Gasteiger partial charge in [-0.05, 0) is 24.4 Å². The van der Waals surface area contributed by atoms with Gasteiger partial charge in [0, 0.05) is 4.88 Å². The van der Waals surface area contributed by atoms with Gasteiger partial charge in [-0.2, -0.15) is 4.37 Å². The molecule has 2 rings (SSSR count). The lowest BCUT2D eigenvalue weighted by atomic mass is 10.1. The average Bonchev–Trinajstić information content (AvgIpc) is 2.47. The Morgan fingerprint density at radius 2 is 2.14 bits per heavy atom. The van der Waals surface area contributed by atoms with Crippen LogP contribution in [0.3, 0.4) is 0 Å². The molecule has 1 aromatic rings. The molecule has 0 saturated heterocycles. The minimum atomic E-state index is -0.0305. The minimum absolute atomic E-state index is 0.0105. The first-order chi connectivity index (χ1) is 6.59. The van der Waals surface area contributed by atoms with Crippen molar-refractivity contribution in [1.29, 1.82) is 0 Å². The van der Waals surface area contributed by atoms with Gasteiger partial charge in [0.1, 0.15) is 0 Å². The molecule has 1 aliphatic heterocycles. The van der Waals surface area contributed by atoms with Crippen LogP contribution >= 0.6 is 11.5 Å². The van der Waals surface area contributed by atoms with Gasteiger partial charge in [0.25, 0.3) is 5.91 Å². The number of nitrogens with zero attached hydrogens (tertiary/aromatic N) is 1. The number of aromatic nitrogens is 1.